The number of hydrogen-bond acceptors (Lipinski definition) is 3. The summed E-state index contributed by atoms with van der Waals surface area (Å²) in [6.45, 7) is 2.45. The molecular weight excluding hydrogens is 391 g/mol. The second-order valence-electron chi connectivity index (χ2n) is 6.61. The first kappa shape index (κ1) is 19.8. The van der Waals surface area contributed by atoms with Crippen LogP contribution in [-0.2, 0) is 14.8 Å². The first-order valence-electron chi connectivity index (χ1n) is 8.60. The Morgan fingerprint density at radius 2 is 1.78 bits per heavy atom. The van der Waals surface area contributed by atoms with Crippen molar-refractivity contribution in [2.45, 2.75) is 24.7 Å². The van der Waals surface area contributed by atoms with E-state index in [4.69, 9.17) is 11.6 Å². The Kier molecular flexibility index (Phi) is 5.83. The fraction of sp³-hybridized carbons (Fsp3) is 0.316. The minimum Gasteiger partial charge on any atom is -0.326 e. The number of anilines is 1. The molecule has 0 unspecified atom stereocenters. The summed E-state index contributed by atoms with van der Waals surface area (Å²) < 4.78 is 40.0. The van der Waals surface area contributed by atoms with Gasteiger partial charge in [0.1, 0.15) is 5.82 Å². The Morgan fingerprint density at radius 1 is 1.15 bits per heavy atom. The monoisotopic (exact) mass is 410 g/mol. The van der Waals surface area contributed by atoms with Gasteiger partial charge >= 0.3 is 0 Å². The number of carbonyl (C=O) groups is 1. The van der Waals surface area contributed by atoms with Gasteiger partial charge in [-0.3, -0.25) is 4.79 Å². The quantitative estimate of drug-likeness (QED) is 0.833. The third-order valence-electron chi connectivity index (χ3n) is 4.67. The first-order chi connectivity index (χ1) is 12.8. The van der Waals surface area contributed by atoms with Gasteiger partial charge in [0.15, 0.2) is 0 Å². The fourth-order valence-electron chi connectivity index (χ4n) is 3.04. The zero-order chi connectivity index (χ0) is 19.6. The normalized spacial score (nSPS) is 16.3. The van der Waals surface area contributed by atoms with E-state index in [1.165, 1.54) is 22.5 Å². The van der Waals surface area contributed by atoms with Crippen molar-refractivity contribution in [1.29, 1.82) is 0 Å². The van der Waals surface area contributed by atoms with E-state index in [2.05, 4.69) is 5.32 Å². The van der Waals surface area contributed by atoms with Crippen LogP contribution < -0.4 is 5.32 Å². The maximum absolute atomic E-state index is 13.2. The molecule has 1 aliphatic heterocycles. The number of sulfonamides is 1. The standard InChI is InChI=1S/C19H20ClFN2O3S/c1-13-2-5-16(6-3-13)27(25,26)23-10-8-14(9-11-23)19(24)22-15-4-7-18(21)17(20)12-15/h2-7,12,14H,8-11H2,1H3,(H,22,24). The molecule has 27 heavy (non-hydrogen) atoms. The average molecular weight is 411 g/mol. The highest BCUT2D eigenvalue weighted by Crippen LogP contribution is 2.26. The number of benzene rings is 2. The first-order valence-corrected chi connectivity index (χ1v) is 10.4. The number of amides is 1. The summed E-state index contributed by atoms with van der Waals surface area (Å²) >= 11 is 5.72. The molecule has 0 radical (unpaired) electrons. The van der Waals surface area contributed by atoms with Crippen LogP contribution in [0.3, 0.4) is 0 Å². The van der Waals surface area contributed by atoms with E-state index in [1.807, 2.05) is 6.92 Å². The van der Waals surface area contributed by atoms with E-state index in [0.29, 0.717) is 18.5 Å². The summed E-state index contributed by atoms with van der Waals surface area (Å²) in [7, 11) is -3.55. The SMILES string of the molecule is Cc1ccc(S(=O)(=O)N2CCC(C(=O)Nc3ccc(F)c(Cl)c3)CC2)cc1. The van der Waals surface area contributed by atoms with Crippen LogP contribution in [0.5, 0.6) is 0 Å². The molecule has 1 fully saturated rings. The minimum absolute atomic E-state index is 0.0631. The predicted octanol–water partition coefficient (Wildman–Crippen LogP) is 3.83. The van der Waals surface area contributed by atoms with Crippen LogP contribution in [0.2, 0.25) is 5.02 Å². The van der Waals surface area contributed by atoms with Gasteiger partial charge in [0.05, 0.1) is 9.92 Å². The summed E-state index contributed by atoms with van der Waals surface area (Å²) in [5, 5.41) is 2.65. The van der Waals surface area contributed by atoms with Gasteiger partial charge in [-0.05, 0) is 50.1 Å². The van der Waals surface area contributed by atoms with Gasteiger partial charge in [0, 0.05) is 24.7 Å². The van der Waals surface area contributed by atoms with Gasteiger partial charge in [-0.15, -0.1) is 0 Å². The zero-order valence-corrected chi connectivity index (χ0v) is 16.4. The van der Waals surface area contributed by atoms with E-state index >= 15 is 0 Å². The van der Waals surface area contributed by atoms with Crippen molar-refractivity contribution in [3.63, 3.8) is 0 Å². The summed E-state index contributed by atoms with van der Waals surface area (Å²) in [6.07, 6.45) is 0.845. The largest absolute Gasteiger partial charge is 0.326 e. The second-order valence-corrected chi connectivity index (χ2v) is 8.95. The number of nitrogens with one attached hydrogen (secondary N) is 1. The molecule has 1 N–H and O–H groups in total. The molecule has 1 heterocycles. The fourth-order valence-corrected chi connectivity index (χ4v) is 4.69. The third-order valence-corrected chi connectivity index (χ3v) is 6.87. The topological polar surface area (TPSA) is 66.5 Å². The van der Waals surface area contributed by atoms with Crippen molar-refractivity contribution in [2.24, 2.45) is 5.92 Å². The molecule has 0 aliphatic carbocycles. The molecule has 2 aromatic carbocycles. The Bertz CT molecular complexity index is 940. The highest BCUT2D eigenvalue weighted by molar-refractivity contribution is 7.89. The van der Waals surface area contributed by atoms with Crippen molar-refractivity contribution >= 4 is 33.2 Å². The molecule has 0 atom stereocenters. The zero-order valence-electron chi connectivity index (χ0n) is 14.8. The van der Waals surface area contributed by atoms with Crippen LogP contribution >= 0.6 is 11.6 Å². The Hall–Kier alpha value is -1.96. The van der Waals surface area contributed by atoms with E-state index in [9.17, 15) is 17.6 Å². The lowest BCUT2D eigenvalue weighted by Crippen LogP contribution is -2.41. The lowest BCUT2D eigenvalue weighted by Gasteiger charge is -2.30. The van der Waals surface area contributed by atoms with Gasteiger partial charge in [0.2, 0.25) is 15.9 Å². The summed E-state index contributed by atoms with van der Waals surface area (Å²) in [4.78, 5) is 12.7. The highest BCUT2D eigenvalue weighted by atomic mass is 35.5. The summed E-state index contributed by atoms with van der Waals surface area (Å²) in [6, 6.07) is 10.7. The number of hydrogen-bond donors (Lipinski definition) is 1. The summed E-state index contributed by atoms with van der Waals surface area (Å²) in [5.41, 5.74) is 1.41. The number of rotatable bonds is 4. The molecule has 1 amide bonds. The molecule has 0 spiro atoms. The molecule has 0 saturated carbocycles. The molecule has 144 valence electrons. The van der Waals surface area contributed by atoms with Crippen molar-refractivity contribution in [1.82, 2.24) is 4.31 Å². The Labute approximate surface area is 163 Å². The lowest BCUT2D eigenvalue weighted by molar-refractivity contribution is -0.120. The van der Waals surface area contributed by atoms with E-state index < -0.39 is 15.8 Å². The van der Waals surface area contributed by atoms with E-state index in [-0.39, 0.29) is 34.8 Å². The van der Waals surface area contributed by atoms with Crippen molar-refractivity contribution < 1.29 is 17.6 Å². The number of carbonyl (C=O) groups excluding carboxylic acids is 1. The van der Waals surface area contributed by atoms with Crippen molar-refractivity contribution in [3.05, 3.63) is 58.9 Å². The molecule has 2 aromatic rings. The van der Waals surface area contributed by atoms with Crippen LogP contribution in [0, 0.1) is 18.7 Å². The van der Waals surface area contributed by atoms with Crippen molar-refractivity contribution in [2.75, 3.05) is 18.4 Å². The molecular formula is C19H20ClFN2O3S. The smallest absolute Gasteiger partial charge is 0.243 e. The van der Waals surface area contributed by atoms with Crippen molar-refractivity contribution in [3.8, 4) is 0 Å². The molecule has 5 nitrogen and oxygen atoms in total. The molecule has 8 heteroatoms. The lowest BCUT2D eigenvalue weighted by atomic mass is 9.97. The van der Waals surface area contributed by atoms with Crippen LogP contribution in [0.4, 0.5) is 10.1 Å². The van der Waals surface area contributed by atoms with Gasteiger partial charge in [-0.2, -0.15) is 4.31 Å². The minimum atomic E-state index is -3.55. The average Bonchev–Trinajstić information content (AvgIpc) is 2.65. The van der Waals surface area contributed by atoms with Gasteiger partial charge in [0.25, 0.3) is 0 Å². The Balaban J connectivity index is 1.61. The second kappa shape index (κ2) is 7.96. The molecule has 0 aromatic heterocycles. The van der Waals surface area contributed by atoms with Crippen LogP contribution in [0.25, 0.3) is 0 Å². The number of halogens is 2. The molecule has 3 rings (SSSR count). The van der Waals surface area contributed by atoms with Crippen LogP contribution in [0.1, 0.15) is 18.4 Å². The number of nitrogens with zero attached hydrogens (tertiary/aromatic N) is 1. The van der Waals surface area contributed by atoms with Gasteiger partial charge in [-0.1, -0.05) is 29.3 Å². The summed E-state index contributed by atoms with van der Waals surface area (Å²) in [5.74, 6) is -1.08. The third kappa shape index (κ3) is 4.48. The maximum atomic E-state index is 13.2. The number of aryl methyl sites for hydroxylation is 1. The Morgan fingerprint density at radius 3 is 2.37 bits per heavy atom. The maximum Gasteiger partial charge on any atom is 0.243 e. The number of piperidine rings is 1. The van der Waals surface area contributed by atoms with Crippen LogP contribution in [0.15, 0.2) is 47.4 Å². The molecule has 0 bridgehead atoms. The van der Waals surface area contributed by atoms with Crippen LogP contribution in [-0.4, -0.2) is 31.7 Å². The van der Waals surface area contributed by atoms with Gasteiger partial charge < -0.3 is 5.32 Å². The molecule has 1 saturated heterocycles. The van der Waals surface area contributed by atoms with Gasteiger partial charge in [-0.25, -0.2) is 12.8 Å². The predicted molar refractivity (Wildman–Crippen MR) is 103 cm³/mol. The van der Waals surface area contributed by atoms with E-state index in [0.717, 1.165) is 5.56 Å². The molecule has 1 aliphatic rings. The van der Waals surface area contributed by atoms with E-state index in [1.54, 1.807) is 24.3 Å². The highest BCUT2D eigenvalue weighted by Gasteiger charge is 2.32.